The molecule has 7 nitrogen and oxygen atoms in total. The predicted octanol–water partition coefficient (Wildman–Crippen LogP) is 2.14. The van der Waals surface area contributed by atoms with E-state index < -0.39 is 10.2 Å². The Labute approximate surface area is 163 Å². The normalized spacial score (nSPS) is 14.5. The summed E-state index contributed by atoms with van der Waals surface area (Å²) in [6.07, 6.45) is 0.900. The molecule has 0 spiro atoms. The van der Waals surface area contributed by atoms with Crippen molar-refractivity contribution in [3.05, 3.63) is 65.5 Å². The number of rotatable bonds is 4. The minimum absolute atomic E-state index is 0.254. The number of benzene rings is 2. The smallest absolute Gasteiger partial charge is 0.305 e. The maximum absolute atomic E-state index is 12.1. The van der Waals surface area contributed by atoms with Gasteiger partial charge in [-0.2, -0.15) is 18.4 Å². The van der Waals surface area contributed by atoms with Gasteiger partial charge in [-0.05, 0) is 48.4 Å². The van der Waals surface area contributed by atoms with Gasteiger partial charge in [0.2, 0.25) is 0 Å². The van der Waals surface area contributed by atoms with Crippen molar-refractivity contribution in [1.82, 2.24) is 4.72 Å². The highest BCUT2D eigenvalue weighted by atomic mass is 32.2. The Bertz CT molecular complexity index is 939. The number of nitriles is 1. The molecule has 0 saturated carbocycles. The molecule has 1 N–H and O–H groups in total. The van der Waals surface area contributed by atoms with Crippen molar-refractivity contribution in [1.29, 1.82) is 5.26 Å². The van der Waals surface area contributed by atoms with Gasteiger partial charge >= 0.3 is 16.2 Å². The monoisotopic (exact) mass is 405 g/mol. The van der Waals surface area contributed by atoms with Crippen molar-refractivity contribution >= 4 is 21.9 Å². The lowest BCUT2D eigenvalue weighted by atomic mass is 10.1. The number of carbonyl (C=O) groups excluding carboxylic acids is 1. The van der Waals surface area contributed by atoms with E-state index in [4.69, 9.17) is 5.26 Å². The number of esters is 1. The Hall–Kier alpha value is -2.96. The number of anilines is 1. The van der Waals surface area contributed by atoms with Crippen molar-refractivity contribution in [2.75, 3.05) is 24.5 Å². The molecule has 0 aromatic heterocycles. The fourth-order valence-electron chi connectivity index (χ4n) is 2.44. The fraction of sp³-hybridized carbons (Fsp3) is 0.263. The second-order valence-corrected chi connectivity index (χ2v) is 7.51. The second-order valence-electron chi connectivity index (χ2n) is 5.83. The number of methoxy groups -OCH3 is 1. The van der Waals surface area contributed by atoms with Crippen molar-refractivity contribution in [2.24, 2.45) is 0 Å². The summed E-state index contributed by atoms with van der Waals surface area (Å²) in [6, 6.07) is 14.4. The summed E-state index contributed by atoms with van der Waals surface area (Å²) in [7, 11) is -2.02. The molecule has 1 aliphatic heterocycles. The highest BCUT2D eigenvalue weighted by Gasteiger charge is 2.27. The molecule has 28 heavy (non-hydrogen) atoms. The first-order valence-electron chi connectivity index (χ1n) is 8.44. The first-order chi connectivity index (χ1) is 13.4. The van der Waals surface area contributed by atoms with E-state index in [1.54, 1.807) is 12.1 Å². The largest absolute Gasteiger partial charge is 0.469 e. The molecule has 3 rings (SSSR count). The Morgan fingerprint density at radius 1 is 1.21 bits per heavy atom. The molecule has 0 amide bonds. The molecule has 1 aliphatic rings. The molecule has 0 radical (unpaired) electrons. The average Bonchev–Trinajstić information content (AvgIpc) is 3.06. The quantitative estimate of drug-likeness (QED) is 0.786. The molecule has 0 atom stereocenters. The first kappa shape index (κ1) is 21.3. The minimum atomic E-state index is -3.37. The van der Waals surface area contributed by atoms with Crippen LogP contribution in [0.15, 0.2) is 48.5 Å². The third-order valence-corrected chi connectivity index (χ3v) is 5.48. The SMILES string of the molecule is COC(=O)CCc1ccc(N2CCNS2(=O)=O)cc1.N#Cc1ccc(F)cc1. The van der Waals surface area contributed by atoms with Gasteiger partial charge in [0.1, 0.15) is 5.82 Å². The van der Waals surface area contributed by atoms with Gasteiger partial charge in [-0.15, -0.1) is 0 Å². The van der Waals surface area contributed by atoms with Gasteiger partial charge in [-0.25, -0.2) is 4.39 Å². The van der Waals surface area contributed by atoms with Gasteiger partial charge in [-0.1, -0.05) is 12.1 Å². The number of ether oxygens (including phenoxy) is 1. The van der Waals surface area contributed by atoms with E-state index in [0.29, 0.717) is 37.2 Å². The van der Waals surface area contributed by atoms with Gasteiger partial charge in [0.05, 0.1) is 24.4 Å². The van der Waals surface area contributed by atoms with E-state index in [1.165, 1.54) is 35.7 Å². The van der Waals surface area contributed by atoms with Crippen LogP contribution in [0.5, 0.6) is 0 Å². The summed E-state index contributed by atoms with van der Waals surface area (Å²) in [5.41, 5.74) is 2.09. The van der Waals surface area contributed by atoms with Crippen LogP contribution in [0, 0.1) is 17.1 Å². The summed E-state index contributed by atoms with van der Waals surface area (Å²) in [5.74, 6) is -0.565. The van der Waals surface area contributed by atoms with Crippen LogP contribution in [0.3, 0.4) is 0 Å². The van der Waals surface area contributed by atoms with Crippen LogP contribution in [0.1, 0.15) is 17.5 Å². The molecule has 2 aromatic carbocycles. The van der Waals surface area contributed by atoms with E-state index >= 15 is 0 Å². The van der Waals surface area contributed by atoms with Gasteiger partial charge < -0.3 is 4.74 Å². The summed E-state index contributed by atoms with van der Waals surface area (Å²) in [5, 5.41) is 8.26. The van der Waals surface area contributed by atoms with Gasteiger partial charge in [-0.3, -0.25) is 9.10 Å². The van der Waals surface area contributed by atoms with Gasteiger partial charge in [0, 0.05) is 19.5 Å². The van der Waals surface area contributed by atoms with Crippen LogP contribution in [0.4, 0.5) is 10.1 Å². The molecule has 148 valence electrons. The van der Waals surface area contributed by atoms with Crippen LogP contribution in [-0.4, -0.2) is 34.6 Å². The number of hydrogen-bond donors (Lipinski definition) is 1. The highest BCUT2D eigenvalue weighted by Crippen LogP contribution is 2.20. The van der Waals surface area contributed by atoms with Gasteiger partial charge in [0.15, 0.2) is 0 Å². The van der Waals surface area contributed by atoms with E-state index in [0.717, 1.165) is 5.56 Å². The van der Waals surface area contributed by atoms with Crippen molar-refractivity contribution in [3.63, 3.8) is 0 Å². The average molecular weight is 405 g/mol. The Balaban J connectivity index is 0.000000261. The van der Waals surface area contributed by atoms with E-state index in [9.17, 15) is 17.6 Å². The molecule has 2 aromatic rings. The molecule has 0 bridgehead atoms. The Morgan fingerprint density at radius 2 is 1.86 bits per heavy atom. The lowest BCUT2D eigenvalue weighted by Gasteiger charge is -2.16. The summed E-state index contributed by atoms with van der Waals surface area (Å²) in [4.78, 5) is 11.0. The molecule has 9 heteroatoms. The second kappa shape index (κ2) is 9.82. The lowest BCUT2D eigenvalue weighted by Crippen LogP contribution is -2.29. The zero-order chi connectivity index (χ0) is 20.6. The number of aryl methyl sites for hydroxylation is 1. The number of carbonyl (C=O) groups is 1. The predicted molar refractivity (Wildman–Crippen MR) is 102 cm³/mol. The van der Waals surface area contributed by atoms with E-state index in [-0.39, 0.29) is 11.8 Å². The van der Waals surface area contributed by atoms with Crippen molar-refractivity contribution < 1.29 is 22.3 Å². The Morgan fingerprint density at radius 3 is 2.36 bits per heavy atom. The summed E-state index contributed by atoms with van der Waals surface area (Å²) in [6.45, 7) is 0.857. The zero-order valence-corrected chi connectivity index (χ0v) is 16.1. The van der Waals surface area contributed by atoms with E-state index in [2.05, 4.69) is 9.46 Å². The molecule has 1 saturated heterocycles. The van der Waals surface area contributed by atoms with E-state index in [1.807, 2.05) is 18.2 Å². The molecule has 1 fully saturated rings. The van der Waals surface area contributed by atoms with Crippen LogP contribution in [-0.2, 0) is 26.2 Å². The number of nitrogens with zero attached hydrogens (tertiary/aromatic N) is 2. The topological polar surface area (TPSA) is 99.5 Å². The van der Waals surface area contributed by atoms with Crippen LogP contribution in [0.2, 0.25) is 0 Å². The minimum Gasteiger partial charge on any atom is -0.469 e. The Kier molecular flexibility index (Phi) is 7.49. The third kappa shape index (κ3) is 6.04. The van der Waals surface area contributed by atoms with Gasteiger partial charge in [0.25, 0.3) is 0 Å². The molecular formula is C19H20FN3O4S. The number of nitrogens with one attached hydrogen (secondary N) is 1. The zero-order valence-electron chi connectivity index (χ0n) is 15.3. The number of halogens is 1. The molecule has 0 aliphatic carbocycles. The third-order valence-electron chi connectivity index (χ3n) is 3.93. The summed E-state index contributed by atoms with van der Waals surface area (Å²) >= 11 is 0. The molecule has 0 unspecified atom stereocenters. The van der Waals surface area contributed by atoms with Crippen molar-refractivity contribution in [3.8, 4) is 6.07 Å². The molecule has 1 heterocycles. The first-order valence-corrected chi connectivity index (χ1v) is 9.88. The van der Waals surface area contributed by atoms with Crippen LogP contribution >= 0.6 is 0 Å². The maximum atomic E-state index is 12.1. The number of hydrogen-bond acceptors (Lipinski definition) is 5. The summed E-state index contributed by atoms with van der Waals surface area (Å²) < 4.78 is 43.8. The molecular weight excluding hydrogens is 385 g/mol. The van der Waals surface area contributed by atoms with Crippen molar-refractivity contribution in [2.45, 2.75) is 12.8 Å². The lowest BCUT2D eigenvalue weighted by molar-refractivity contribution is -0.140. The maximum Gasteiger partial charge on any atom is 0.305 e. The fourth-order valence-corrected chi connectivity index (χ4v) is 3.68. The standard InChI is InChI=1S/C12H16N2O4S.C7H4FN/c1-18-12(15)7-4-10-2-5-11(6-3-10)14-9-8-13-19(14,16)17;8-7-3-1-6(5-9)2-4-7/h2-3,5-6,13H,4,7-9H2,1H3;1-4H. The highest BCUT2D eigenvalue weighted by molar-refractivity contribution is 7.91. The van der Waals surface area contributed by atoms with Crippen LogP contribution in [0.25, 0.3) is 0 Å². The van der Waals surface area contributed by atoms with Crippen LogP contribution < -0.4 is 9.03 Å².